The highest BCUT2D eigenvalue weighted by Crippen LogP contribution is 2.29. The Hall–Kier alpha value is -0.800. The van der Waals surface area contributed by atoms with E-state index >= 15 is 0 Å². The molecule has 1 aliphatic heterocycles. The first kappa shape index (κ1) is 9.43. The molecule has 0 spiro atoms. The molecule has 2 nitrogen and oxygen atoms in total. The van der Waals surface area contributed by atoms with Crippen LogP contribution in [0.15, 0.2) is 22.7 Å². The van der Waals surface area contributed by atoms with Crippen LogP contribution in [0.1, 0.15) is 11.3 Å². The van der Waals surface area contributed by atoms with E-state index in [0.29, 0.717) is 0 Å². The van der Waals surface area contributed by atoms with Crippen LogP contribution in [0.4, 0.5) is 0 Å². The minimum Gasteiger partial charge on any atom is -0.347 e. The quantitative estimate of drug-likeness (QED) is 0.774. The van der Waals surface area contributed by atoms with Gasteiger partial charge in [-0.05, 0) is 23.8 Å². The Labute approximate surface area is 97.4 Å². The third kappa shape index (κ3) is 1.34. The van der Waals surface area contributed by atoms with E-state index in [-0.39, 0.29) is 0 Å². The summed E-state index contributed by atoms with van der Waals surface area (Å²) in [4.78, 5) is 0. The topological polar surface area (TPSA) is 17.0 Å². The van der Waals surface area contributed by atoms with Gasteiger partial charge in [0.1, 0.15) is 0 Å². The molecule has 0 bridgehead atoms. The zero-order valence-corrected chi connectivity index (χ0v) is 10.3. The van der Waals surface area contributed by atoms with Crippen molar-refractivity contribution in [1.29, 1.82) is 0 Å². The fraction of sp³-hybridized carbons (Fsp3) is 0.333. The first-order valence-electron chi connectivity index (χ1n) is 5.24. The van der Waals surface area contributed by atoms with Crippen molar-refractivity contribution in [2.45, 2.75) is 13.0 Å². The normalized spacial score (nSPS) is 15.6. The summed E-state index contributed by atoms with van der Waals surface area (Å²) < 4.78 is 3.49. The third-order valence-electron chi connectivity index (χ3n) is 3.24. The molecule has 1 aliphatic rings. The number of fused-ring (bicyclic) bond motifs is 3. The molecule has 0 saturated heterocycles. The van der Waals surface area contributed by atoms with Crippen LogP contribution < -0.4 is 5.32 Å². The van der Waals surface area contributed by atoms with Crippen LogP contribution in [0, 0.1) is 0 Å². The molecule has 0 fully saturated rings. The number of rotatable bonds is 0. The second kappa shape index (κ2) is 3.35. The first-order valence-corrected chi connectivity index (χ1v) is 6.03. The van der Waals surface area contributed by atoms with Crippen LogP contribution in [0.3, 0.4) is 0 Å². The number of halogens is 1. The van der Waals surface area contributed by atoms with Crippen molar-refractivity contribution < 1.29 is 0 Å². The molecule has 0 amide bonds. The fourth-order valence-corrected chi connectivity index (χ4v) is 2.84. The molecule has 2 aromatic rings. The Kier molecular flexibility index (Phi) is 2.11. The van der Waals surface area contributed by atoms with E-state index in [2.05, 4.69) is 51.1 Å². The molecular weight excluding hydrogens is 252 g/mol. The molecule has 0 radical (unpaired) electrons. The van der Waals surface area contributed by atoms with Gasteiger partial charge in [-0.15, -0.1) is 0 Å². The fourth-order valence-electron chi connectivity index (χ4n) is 2.48. The summed E-state index contributed by atoms with van der Waals surface area (Å²) in [5, 5.41) is 4.82. The lowest BCUT2D eigenvalue weighted by Crippen LogP contribution is -2.24. The van der Waals surface area contributed by atoms with Gasteiger partial charge in [0.05, 0.1) is 0 Å². The summed E-state index contributed by atoms with van der Waals surface area (Å²) in [6, 6.07) is 6.53. The van der Waals surface area contributed by atoms with Crippen molar-refractivity contribution in [2.75, 3.05) is 6.54 Å². The summed E-state index contributed by atoms with van der Waals surface area (Å²) in [6.45, 7) is 2.10. The maximum atomic E-state index is 3.54. The van der Waals surface area contributed by atoms with E-state index in [1.165, 1.54) is 22.2 Å². The van der Waals surface area contributed by atoms with Crippen LogP contribution in [0.2, 0.25) is 0 Å². The Morgan fingerprint density at radius 2 is 2.27 bits per heavy atom. The standard InChI is InChI=1S/C12H13BrN2/c1-15-11-3-2-8(13)6-9(11)10-7-14-5-4-12(10)15/h2-3,6,14H,4-5,7H2,1H3. The molecule has 3 rings (SSSR count). The number of aryl methyl sites for hydroxylation is 1. The van der Waals surface area contributed by atoms with Crippen LogP contribution in [0.25, 0.3) is 10.9 Å². The number of nitrogens with zero attached hydrogens (tertiary/aromatic N) is 1. The molecular formula is C12H13BrN2. The Balaban J connectivity index is 2.39. The average molecular weight is 265 g/mol. The zero-order chi connectivity index (χ0) is 10.4. The highest BCUT2D eigenvalue weighted by atomic mass is 79.9. The molecule has 78 valence electrons. The second-order valence-electron chi connectivity index (χ2n) is 4.07. The van der Waals surface area contributed by atoms with Crippen LogP contribution >= 0.6 is 15.9 Å². The van der Waals surface area contributed by atoms with Gasteiger partial charge in [-0.1, -0.05) is 15.9 Å². The van der Waals surface area contributed by atoms with E-state index < -0.39 is 0 Å². The largest absolute Gasteiger partial charge is 0.347 e. The van der Waals surface area contributed by atoms with Crippen molar-refractivity contribution in [2.24, 2.45) is 7.05 Å². The van der Waals surface area contributed by atoms with Crippen molar-refractivity contribution in [3.05, 3.63) is 33.9 Å². The minimum atomic E-state index is 1.00. The molecule has 0 unspecified atom stereocenters. The van der Waals surface area contributed by atoms with Crippen molar-refractivity contribution in [3.8, 4) is 0 Å². The number of hydrogen-bond donors (Lipinski definition) is 1. The smallest absolute Gasteiger partial charge is 0.0484 e. The Morgan fingerprint density at radius 1 is 1.40 bits per heavy atom. The van der Waals surface area contributed by atoms with E-state index in [4.69, 9.17) is 0 Å². The van der Waals surface area contributed by atoms with Gasteiger partial charge < -0.3 is 9.88 Å². The average Bonchev–Trinajstić information content (AvgIpc) is 2.54. The molecule has 0 aliphatic carbocycles. The summed E-state index contributed by atoms with van der Waals surface area (Å²) in [7, 11) is 2.17. The predicted octanol–water partition coefficient (Wildman–Crippen LogP) is 2.59. The molecule has 0 atom stereocenters. The van der Waals surface area contributed by atoms with Crippen molar-refractivity contribution in [3.63, 3.8) is 0 Å². The lowest BCUT2D eigenvalue weighted by atomic mass is 10.1. The maximum absolute atomic E-state index is 3.54. The SMILES string of the molecule is Cn1c2c(c3cc(Br)ccc31)CNCC2. The molecule has 3 heteroatoms. The number of nitrogens with one attached hydrogen (secondary N) is 1. The lowest BCUT2D eigenvalue weighted by molar-refractivity contribution is 0.622. The Morgan fingerprint density at radius 3 is 3.13 bits per heavy atom. The van der Waals surface area contributed by atoms with Gasteiger partial charge >= 0.3 is 0 Å². The first-order chi connectivity index (χ1) is 7.27. The molecule has 1 N–H and O–H groups in total. The van der Waals surface area contributed by atoms with E-state index in [1.807, 2.05) is 0 Å². The zero-order valence-electron chi connectivity index (χ0n) is 8.68. The van der Waals surface area contributed by atoms with Gasteiger partial charge in [-0.3, -0.25) is 0 Å². The van der Waals surface area contributed by atoms with Crippen LogP contribution in [-0.2, 0) is 20.0 Å². The molecule has 15 heavy (non-hydrogen) atoms. The number of aromatic nitrogens is 1. The predicted molar refractivity (Wildman–Crippen MR) is 66.0 cm³/mol. The van der Waals surface area contributed by atoms with Gasteiger partial charge in [0, 0.05) is 47.6 Å². The highest BCUT2D eigenvalue weighted by molar-refractivity contribution is 9.10. The molecule has 2 heterocycles. The monoisotopic (exact) mass is 264 g/mol. The van der Waals surface area contributed by atoms with Gasteiger partial charge in [-0.2, -0.15) is 0 Å². The van der Waals surface area contributed by atoms with Gasteiger partial charge in [-0.25, -0.2) is 0 Å². The maximum Gasteiger partial charge on any atom is 0.0484 e. The second-order valence-corrected chi connectivity index (χ2v) is 4.99. The third-order valence-corrected chi connectivity index (χ3v) is 3.73. The molecule has 1 aromatic carbocycles. The van der Waals surface area contributed by atoms with Crippen molar-refractivity contribution in [1.82, 2.24) is 9.88 Å². The van der Waals surface area contributed by atoms with E-state index in [1.54, 1.807) is 0 Å². The number of hydrogen-bond acceptors (Lipinski definition) is 1. The summed E-state index contributed by atoms with van der Waals surface area (Å²) >= 11 is 3.54. The van der Waals surface area contributed by atoms with Crippen molar-refractivity contribution >= 4 is 26.8 Å². The van der Waals surface area contributed by atoms with E-state index in [0.717, 1.165) is 24.0 Å². The van der Waals surface area contributed by atoms with Crippen LogP contribution in [0.5, 0.6) is 0 Å². The van der Waals surface area contributed by atoms with E-state index in [9.17, 15) is 0 Å². The van der Waals surface area contributed by atoms with Gasteiger partial charge in [0.15, 0.2) is 0 Å². The minimum absolute atomic E-state index is 1.00. The molecule has 1 aromatic heterocycles. The van der Waals surface area contributed by atoms with Gasteiger partial charge in [0.25, 0.3) is 0 Å². The summed E-state index contributed by atoms with van der Waals surface area (Å²) in [6.07, 6.45) is 1.14. The molecule has 0 saturated carbocycles. The summed E-state index contributed by atoms with van der Waals surface area (Å²) in [5.41, 5.74) is 4.30. The lowest BCUT2D eigenvalue weighted by Gasteiger charge is -2.14. The van der Waals surface area contributed by atoms with Gasteiger partial charge in [0.2, 0.25) is 0 Å². The Bertz CT molecular complexity index is 528. The van der Waals surface area contributed by atoms with Crippen LogP contribution in [-0.4, -0.2) is 11.1 Å². The number of benzene rings is 1. The summed E-state index contributed by atoms with van der Waals surface area (Å²) in [5.74, 6) is 0. The highest BCUT2D eigenvalue weighted by Gasteiger charge is 2.17.